The third kappa shape index (κ3) is 5.91. The summed E-state index contributed by atoms with van der Waals surface area (Å²) in [5.41, 5.74) is 0.451. The summed E-state index contributed by atoms with van der Waals surface area (Å²) in [6.45, 7) is 1.37. The van der Waals surface area contributed by atoms with Gasteiger partial charge in [0.05, 0.1) is 19.9 Å². The SMILES string of the molecule is CC[C@@H](Oc1ccccc1)C(=O)OCC(=O)Nc1ccc(OC)cc1OC. The summed E-state index contributed by atoms with van der Waals surface area (Å²) >= 11 is 0. The summed E-state index contributed by atoms with van der Waals surface area (Å²) < 4.78 is 21.0. The molecule has 27 heavy (non-hydrogen) atoms. The molecule has 144 valence electrons. The van der Waals surface area contributed by atoms with Crippen LogP contribution in [0, 0.1) is 0 Å². The topological polar surface area (TPSA) is 83.1 Å². The molecular formula is C20H23NO6. The first-order valence-corrected chi connectivity index (χ1v) is 8.47. The van der Waals surface area contributed by atoms with Crippen LogP contribution in [0.15, 0.2) is 48.5 Å². The van der Waals surface area contributed by atoms with Crippen molar-refractivity contribution in [2.24, 2.45) is 0 Å². The van der Waals surface area contributed by atoms with Gasteiger partial charge in [0, 0.05) is 6.07 Å². The van der Waals surface area contributed by atoms with Crippen molar-refractivity contribution in [1.82, 2.24) is 0 Å². The van der Waals surface area contributed by atoms with Crippen molar-refractivity contribution in [1.29, 1.82) is 0 Å². The summed E-state index contributed by atoms with van der Waals surface area (Å²) in [4.78, 5) is 24.3. The van der Waals surface area contributed by atoms with Gasteiger partial charge in [-0.2, -0.15) is 0 Å². The van der Waals surface area contributed by atoms with Crippen molar-refractivity contribution in [3.8, 4) is 17.2 Å². The van der Waals surface area contributed by atoms with E-state index in [1.54, 1.807) is 37.3 Å². The van der Waals surface area contributed by atoms with Gasteiger partial charge in [-0.3, -0.25) is 4.79 Å². The number of carbonyl (C=O) groups excluding carboxylic acids is 2. The normalized spacial score (nSPS) is 11.2. The van der Waals surface area contributed by atoms with Gasteiger partial charge in [-0.25, -0.2) is 4.79 Å². The van der Waals surface area contributed by atoms with Crippen molar-refractivity contribution < 1.29 is 28.5 Å². The highest BCUT2D eigenvalue weighted by atomic mass is 16.6. The molecule has 2 aromatic rings. The Morgan fingerprint density at radius 1 is 1.00 bits per heavy atom. The van der Waals surface area contributed by atoms with Crippen LogP contribution in [0.5, 0.6) is 17.2 Å². The Bertz CT molecular complexity index is 762. The second-order valence-corrected chi connectivity index (χ2v) is 5.55. The van der Waals surface area contributed by atoms with Gasteiger partial charge in [-0.05, 0) is 30.7 Å². The van der Waals surface area contributed by atoms with E-state index in [-0.39, 0.29) is 0 Å². The van der Waals surface area contributed by atoms with E-state index in [2.05, 4.69) is 5.32 Å². The van der Waals surface area contributed by atoms with Crippen molar-refractivity contribution in [3.63, 3.8) is 0 Å². The Kier molecular flexibility index (Phi) is 7.49. The van der Waals surface area contributed by atoms with Crippen LogP contribution >= 0.6 is 0 Å². The molecule has 0 bridgehead atoms. The Balaban J connectivity index is 1.89. The number of hydrogen-bond donors (Lipinski definition) is 1. The molecule has 0 aromatic heterocycles. The number of amides is 1. The average Bonchev–Trinajstić information content (AvgIpc) is 2.71. The molecule has 2 rings (SSSR count). The van der Waals surface area contributed by atoms with Crippen LogP contribution in [0.25, 0.3) is 0 Å². The summed E-state index contributed by atoms with van der Waals surface area (Å²) in [6.07, 6.45) is -0.363. The van der Waals surface area contributed by atoms with Crippen LogP contribution in [0.2, 0.25) is 0 Å². The number of benzene rings is 2. The summed E-state index contributed by atoms with van der Waals surface area (Å²) in [5, 5.41) is 2.64. The summed E-state index contributed by atoms with van der Waals surface area (Å²) in [5.74, 6) is 0.515. The second-order valence-electron chi connectivity index (χ2n) is 5.55. The van der Waals surface area contributed by atoms with Crippen molar-refractivity contribution >= 4 is 17.6 Å². The number of esters is 1. The Morgan fingerprint density at radius 2 is 1.74 bits per heavy atom. The number of anilines is 1. The predicted octanol–water partition coefficient (Wildman–Crippen LogP) is 3.04. The predicted molar refractivity (Wildman–Crippen MR) is 100 cm³/mol. The summed E-state index contributed by atoms with van der Waals surface area (Å²) in [6, 6.07) is 13.9. The van der Waals surface area contributed by atoms with Crippen LogP contribution < -0.4 is 19.5 Å². The highest BCUT2D eigenvalue weighted by molar-refractivity contribution is 5.94. The lowest BCUT2D eigenvalue weighted by atomic mass is 10.2. The van der Waals surface area contributed by atoms with Gasteiger partial charge in [0.1, 0.15) is 17.2 Å². The second kappa shape index (κ2) is 10.1. The molecule has 1 amide bonds. The van der Waals surface area contributed by atoms with E-state index in [4.69, 9.17) is 18.9 Å². The molecular weight excluding hydrogens is 350 g/mol. The quantitative estimate of drug-likeness (QED) is 0.680. The minimum absolute atomic E-state index is 0.418. The van der Waals surface area contributed by atoms with E-state index in [9.17, 15) is 9.59 Å². The minimum atomic E-state index is -0.782. The largest absolute Gasteiger partial charge is 0.497 e. The number of rotatable bonds is 9. The van der Waals surface area contributed by atoms with E-state index < -0.39 is 24.6 Å². The van der Waals surface area contributed by atoms with Crippen molar-refractivity contribution in [2.75, 3.05) is 26.1 Å². The van der Waals surface area contributed by atoms with Crippen LogP contribution in [0.3, 0.4) is 0 Å². The summed E-state index contributed by atoms with van der Waals surface area (Å²) in [7, 11) is 3.02. The third-order valence-electron chi connectivity index (χ3n) is 3.68. The van der Waals surface area contributed by atoms with E-state index in [0.29, 0.717) is 29.4 Å². The molecule has 7 heteroatoms. The lowest BCUT2D eigenvalue weighted by molar-refractivity contribution is -0.154. The van der Waals surface area contributed by atoms with Gasteiger partial charge in [0.15, 0.2) is 12.7 Å². The lowest BCUT2D eigenvalue weighted by Gasteiger charge is -2.16. The Labute approximate surface area is 158 Å². The standard InChI is InChI=1S/C20H23NO6/c1-4-17(27-14-8-6-5-7-9-14)20(23)26-13-19(22)21-16-11-10-15(24-2)12-18(16)25-3/h5-12,17H,4,13H2,1-3H3,(H,21,22)/t17-/m1/s1. The molecule has 0 spiro atoms. The van der Waals surface area contributed by atoms with Gasteiger partial charge in [-0.15, -0.1) is 0 Å². The van der Waals surface area contributed by atoms with Crippen molar-refractivity contribution in [2.45, 2.75) is 19.4 Å². The van der Waals surface area contributed by atoms with Crippen LogP contribution in [0.1, 0.15) is 13.3 Å². The number of nitrogens with one attached hydrogen (secondary N) is 1. The smallest absolute Gasteiger partial charge is 0.347 e. The first-order chi connectivity index (χ1) is 13.1. The zero-order valence-corrected chi connectivity index (χ0v) is 15.6. The van der Waals surface area contributed by atoms with Gasteiger partial charge < -0.3 is 24.3 Å². The maximum atomic E-state index is 12.2. The number of carbonyl (C=O) groups is 2. The molecule has 0 unspecified atom stereocenters. The highest BCUT2D eigenvalue weighted by Crippen LogP contribution is 2.28. The van der Waals surface area contributed by atoms with Gasteiger partial charge in [-0.1, -0.05) is 25.1 Å². The lowest BCUT2D eigenvalue weighted by Crippen LogP contribution is -2.31. The number of methoxy groups -OCH3 is 2. The highest BCUT2D eigenvalue weighted by Gasteiger charge is 2.21. The molecule has 2 aromatic carbocycles. The third-order valence-corrected chi connectivity index (χ3v) is 3.68. The molecule has 0 fully saturated rings. The molecule has 0 radical (unpaired) electrons. The molecule has 0 saturated heterocycles. The Morgan fingerprint density at radius 3 is 2.37 bits per heavy atom. The molecule has 1 N–H and O–H groups in total. The molecule has 1 atom stereocenters. The van der Waals surface area contributed by atoms with E-state index in [1.807, 2.05) is 18.2 Å². The molecule has 0 aliphatic rings. The maximum Gasteiger partial charge on any atom is 0.347 e. The minimum Gasteiger partial charge on any atom is -0.497 e. The first kappa shape index (κ1) is 20.1. The van der Waals surface area contributed by atoms with Gasteiger partial charge >= 0.3 is 5.97 Å². The number of hydrogen-bond acceptors (Lipinski definition) is 6. The van der Waals surface area contributed by atoms with E-state index in [1.165, 1.54) is 14.2 Å². The Hall–Kier alpha value is -3.22. The van der Waals surface area contributed by atoms with E-state index in [0.717, 1.165) is 0 Å². The van der Waals surface area contributed by atoms with Crippen molar-refractivity contribution in [3.05, 3.63) is 48.5 Å². The maximum absolute atomic E-state index is 12.2. The van der Waals surface area contributed by atoms with E-state index >= 15 is 0 Å². The fraction of sp³-hybridized carbons (Fsp3) is 0.300. The molecule has 0 heterocycles. The van der Waals surface area contributed by atoms with Gasteiger partial charge in [0.25, 0.3) is 5.91 Å². The van der Waals surface area contributed by atoms with Crippen LogP contribution in [-0.4, -0.2) is 38.8 Å². The van der Waals surface area contributed by atoms with Gasteiger partial charge in [0.2, 0.25) is 0 Å². The molecule has 7 nitrogen and oxygen atoms in total. The van der Waals surface area contributed by atoms with Crippen LogP contribution in [0.4, 0.5) is 5.69 Å². The fourth-order valence-electron chi connectivity index (χ4n) is 2.28. The zero-order valence-electron chi connectivity index (χ0n) is 15.6. The number of ether oxygens (including phenoxy) is 4. The molecule has 0 saturated carbocycles. The fourth-order valence-corrected chi connectivity index (χ4v) is 2.28. The zero-order chi connectivity index (χ0) is 19.6. The number of para-hydroxylation sites is 1. The first-order valence-electron chi connectivity index (χ1n) is 8.47. The molecule has 0 aliphatic heterocycles. The monoisotopic (exact) mass is 373 g/mol. The average molecular weight is 373 g/mol. The molecule has 0 aliphatic carbocycles. The van der Waals surface area contributed by atoms with Crippen LogP contribution in [-0.2, 0) is 14.3 Å².